The quantitative estimate of drug-likeness (QED) is 0.691. The smallest absolute Gasteiger partial charge is 0.338 e. The molecule has 1 aromatic heterocycles. The molecule has 0 unspecified atom stereocenters. The fourth-order valence-electron chi connectivity index (χ4n) is 2.56. The summed E-state index contributed by atoms with van der Waals surface area (Å²) in [6.07, 6.45) is 0.679. The number of aromatic nitrogens is 3. The van der Waals surface area contributed by atoms with Crippen LogP contribution in [0.2, 0.25) is 0 Å². The average Bonchev–Trinajstić information content (AvgIpc) is 3.11. The predicted molar refractivity (Wildman–Crippen MR) is 96.9 cm³/mol. The van der Waals surface area contributed by atoms with Crippen molar-refractivity contribution in [1.82, 2.24) is 20.3 Å². The summed E-state index contributed by atoms with van der Waals surface area (Å²) >= 11 is 0. The number of hydrogen-bond acceptors (Lipinski definition) is 7. The second-order valence-corrected chi connectivity index (χ2v) is 6.14. The number of aryl methyl sites for hydroxylation is 1. The number of ether oxygens (including phenoxy) is 2. The van der Waals surface area contributed by atoms with Crippen LogP contribution in [0.15, 0.2) is 18.2 Å². The lowest BCUT2D eigenvalue weighted by Crippen LogP contribution is -2.47. The molecule has 9 nitrogen and oxygen atoms in total. The Morgan fingerprint density at radius 2 is 2.00 bits per heavy atom. The topological polar surface area (TPSA) is 112 Å². The van der Waals surface area contributed by atoms with Gasteiger partial charge in [0.15, 0.2) is 6.61 Å². The van der Waals surface area contributed by atoms with E-state index in [2.05, 4.69) is 15.6 Å². The lowest BCUT2D eigenvalue weighted by Gasteiger charge is -2.21. The zero-order chi connectivity index (χ0) is 20.0. The zero-order valence-electron chi connectivity index (χ0n) is 15.9. The number of fused-ring (bicyclic) bond motifs is 1. The number of hydrogen-bond donors (Lipinski definition) is 1. The summed E-state index contributed by atoms with van der Waals surface area (Å²) in [7, 11) is 1.26. The minimum absolute atomic E-state index is 0.110. The first-order valence-corrected chi connectivity index (χ1v) is 8.78. The number of benzene rings is 1. The van der Waals surface area contributed by atoms with Crippen molar-refractivity contribution in [2.24, 2.45) is 5.92 Å². The number of rotatable bonds is 8. The van der Waals surface area contributed by atoms with E-state index in [0.717, 1.165) is 5.52 Å². The fourth-order valence-corrected chi connectivity index (χ4v) is 2.56. The summed E-state index contributed by atoms with van der Waals surface area (Å²) < 4.78 is 11.5. The van der Waals surface area contributed by atoms with Gasteiger partial charge in [-0.15, -0.1) is 5.10 Å². The Balaban J connectivity index is 1.97. The van der Waals surface area contributed by atoms with Gasteiger partial charge < -0.3 is 14.8 Å². The van der Waals surface area contributed by atoms with Crippen LogP contribution in [-0.2, 0) is 25.6 Å². The summed E-state index contributed by atoms with van der Waals surface area (Å²) in [5, 5.41) is 10.5. The highest BCUT2D eigenvalue weighted by Gasteiger charge is 2.27. The van der Waals surface area contributed by atoms with Crippen molar-refractivity contribution in [2.75, 3.05) is 13.7 Å². The normalized spacial score (nSPS) is 13.0. The molecule has 0 bridgehead atoms. The first kappa shape index (κ1) is 20.3. The largest absolute Gasteiger partial charge is 0.467 e. The van der Waals surface area contributed by atoms with E-state index in [1.165, 1.54) is 7.11 Å². The van der Waals surface area contributed by atoms with Crippen molar-refractivity contribution in [3.8, 4) is 0 Å². The molecule has 0 saturated carbocycles. The Morgan fingerprint density at radius 3 is 2.63 bits per heavy atom. The van der Waals surface area contributed by atoms with Crippen molar-refractivity contribution in [2.45, 2.75) is 39.8 Å². The maximum Gasteiger partial charge on any atom is 0.338 e. The average molecular weight is 376 g/mol. The molecular formula is C18H24N4O5. The van der Waals surface area contributed by atoms with Crippen LogP contribution in [0.4, 0.5) is 0 Å². The lowest BCUT2D eigenvalue weighted by molar-refractivity contribution is -0.147. The number of carbonyl (C=O) groups is 3. The van der Waals surface area contributed by atoms with E-state index >= 15 is 0 Å². The zero-order valence-corrected chi connectivity index (χ0v) is 15.9. The molecule has 1 aromatic carbocycles. The van der Waals surface area contributed by atoms with Crippen molar-refractivity contribution in [3.05, 3.63) is 23.8 Å². The van der Waals surface area contributed by atoms with Crippen LogP contribution in [0.5, 0.6) is 0 Å². The van der Waals surface area contributed by atoms with Crippen LogP contribution >= 0.6 is 0 Å². The van der Waals surface area contributed by atoms with E-state index in [1.807, 2.05) is 20.8 Å². The van der Waals surface area contributed by atoms with Crippen LogP contribution in [0.1, 0.15) is 37.6 Å². The highest BCUT2D eigenvalue weighted by Crippen LogP contribution is 2.14. The Kier molecular flexibility index (Phi) is 6.86. The molecule has 1 N–H and O–H groups in total. The fraction of sp³-hybridized carbons (Fsp3) is 0.500. The molecule has 0 aliphatic heterocycles. The number of esters is 2. The third-order valence-electron chi connectivity index (χ3n) is 4.37. The van der Waals surface area contributed by atoms with Crippen LogP contribution in [0.25, 0.3) is 11.0 Å². The van der Waals surface area contributed by atoms with Gasteiger partial charge in [-0.2, -0.15) is 0 Å². The Bertz CT molecular complexity index is 832. The van der Waals surface area contributed by atoms with Gasteiger partial charge in [-0.05, 0) is 31.0 Å². The molecule has 2 aromatic rings. The minimum Gasteiger partial charge on any atom is -0.467 e. The molecule has 0 aliphatic rings. The van der Waals surface area contributed by atoms with Gasteiger partial charge in [-0.1, -0.05) is 25.5 Å². The number of nitrogens with one attached hydrogen (secondary N) is 1. The summed E-state index contributed by atoms with van der Waals surface area (Å²) in [6.45, 7) is 5.83. The standard InChI is InChI=1S/C18H24N4O5/c1-5-11(3)16(18(25)26-4)19-15(23)10-27-17(24)12-7-8-14-13(9-12)20-21-22(14)6-2/h7-9,11,16H,5-6,10H2,1-4H3,(H,19,23)/t11-,16-/m1/s1. The molecular weight excluding hydrogens is 352 g/mol. The molecule has 146 valence electrons. The molecule has 27 heavy (non-hydrogen) atoms. The monoisotopic (exact) mass is 376 g/mol. The van der Waals surface area contributed by atoms with Gasteiger partial charge in [0.05, 0.1) is 18.2 Å². The highest BCUT2D eigenvalue weighted by atomic mass is 16.5. The Morgan fingerprint density at radius 1 is 1.26 bits per heavy atom. The molecule has 0 spiro atoms. The number of amides is 1. The summed E-state index contributed by atoms with van der Waals surface area (Å²) in [5.41, 5.74) is 1.64. The van der Waals surface area contributed by atoms with Gasteiger partial charge >= 0.3 is 11.9 Å². The van der Waals surface area contributed by atoms with E-state index in [-0.39, 0.29) is 11.5 Å². The van der Waals surface area contributed by atoms with E-state index in [0.29, 0.717) is 18.5 Å². The molecule has 9 heteroatoms. The summed E-state index contributed by atoms with van der Waals surface area (Å²) in [6, 6.07) is 4.09. The van der Waals surface area contributed by atoms with Crippen LogP contribution < -0.4 is 5.32 Å². The first-order valence-electron chi connectivity index (χ1n) is 8.78. The summed E-state index contributed by atoms with van der Waals surface area (Å²) in [5.74, 6) is -1.87. The second-order valence-electron chi connectivity index (χ2n) is 6.14. The lowest BCUT2D eigenvalue weighted by atomic mass is 9.99. The number of carbonyl (C=O) groups excluding carboxylic acids is 3. The molecule has 0 fully saturated rings. The molecule has 0 saturated heterocycles. The molecule has 2 rings (SSSR count). The highest BCUT2D eigenvalue weighted by molar-refractivity contribution is 5.95. The predicted octanol–water partition coefficient (Wildman–Crippen LogP) is 1.31. The van der Waals surface area contributed by atoms with E-state index in [4.69, 9.17) is 9.47 Å². The summed E-state index contributed by atoms with van der Waals surface area (Å²) in [4.78, 5) is 36.0. The maximum absolute atomic E-state index is 12.2. The minimum atomic E-state index is -0.786. The van der Waals surface area contributed by atoms with Gasteiger partial charge in [0.1, 0.15) is 11.6 Å². The third-order valence-corrected chi connectivity index (χ3v) is 4.37. The van der Waals surface area contributed by atoms with Crippen LogP contribution in [0.3, 0.4) is 0 Å². The van der Waals surface area contributed by atoms with E-state index in [1.54, 1.807) is 22.9 Å². The second kappa shape index (κ2) is 9.11. The Labute approximate surface area is 157 Å². The van der Waals surface area contributed by atoms with E-state index < -0.39 is 30.5 Å². The van der Waals surface area contributed by atoms with Crippen LogP contribution in [-0.4, -0.2) is 52.6 Å². The van der Waals surface area contributed by atoms with Crippen molar-refractivity contribution in [1.29, 1.82) is 0 Å². The van der Waals surface area contributed by atoms with Gasteiger partial charge in [0, 0.05) is 6.54 Å². The number of nitrogens with zero attached hydrogens (tertiary/aromatic N) is 3. The first-order chi connectivity index (χ1) is 12.9. The molecule has 0 radical (unpaired) electrons. The molecule has 2 atom stereocenters. The van der Waals surface area contributed by atoms with Crippen molar-refractivity contribution < 1.29 is 23.9 Å². The van der Waals surface area contributed by atoms with Gasteiger partial charge in [-0.25, -0.2) is 14.3 Å². The molecule has 0 aliphatic carbocycles. The Hall–Kier alpha value is -2.97. The van der Waals surface area contributed by atoms with Gasteiger partial charge in [0.2, 0.25) is 0 Å². The SMILES string of the molecule is CC[C@@H](C)[C@@H](NC(=O)COC(=O)c1ccc2c(c1)nnn2CC)C(=O)OC. The molecule has 1 amide bonds. The van der Waals surface area contributed by atoms with Crippen LogP contribution in [0, 0.1) is 5.92 Å². The van der Waals surface area contributed by atoms with Crippen molar-refractivity contribution in [3.63, 3.8) is 0 Å². The molecule has 1 heterocycles. The maximum atomic E-state index is 12.2. The van der Waals surface area contributed by atoms with Gasteiger partial charge in [-0.3, -0.25) is 4.79 Å². The number of methoxy groups -OCH3 is 1. The van der Waals surface area contributed by atoms with E-state index in [9.17, 15) is 14.4 Å². The third kappa shape index (κ3) is 4.81. The van der Waals surface area contributed by atoms with Crippen molar-refractivity contribution >= 4 is 28.9 Å². The van der Waals surface area contributed by atoms with Gasteiger partial charge in [0.25, 0.3) is 5.91 Å².